The van der Waals surface area contributed by atoms with Crippen molar-refractivity contribution in [2.24, 2.45) is 5.92 Å². The molecule has 36 heavy (non-hydrogen) atoms. The van der Waals surface area contributed by atoms with Gasteiger partial charge in [0.2, 0.25) is 0 Å². The number of hydrogen-bond donors (Lipinski definition) is 3. The number of aliphatic hydroxyl groups excluding tert-OH is 1. The van der Waals surface area contributed by atoms with E-state index in [1.54, 1.807) is 13.3 Å². The van der Waals surface area contributed by atoms with Crippen molar-refractivity contribution in [3.8, 4) is 6.07 Å². The van der Waals surface area contributed by atoms with Gasteiger partial charge < -0.3 is 19.5 Å². The van der Waals surface area contributed by atoms with Crippen LogP contribution >= 0.6 is 0 Å². The van der Waals surface area contributed by atoms with Gasteiger partial charge in [-0.15, -0.1) is 0 Å². The molecule has 10 heteroatoms. The highest BCUT2D eigenvalue weighted by Crippen LogP contribution is 2.42. The zero-order chi connectivity index (χ0) is 25.4. The number of anilines is 1. The third kappa shape index (κ3) is 4.69. The van der Waals surface area contributed by atoms with E-state index < -0.39 is 0 Å². The van der Waals surface area contributed by atoms with E-state index >= 15 is 0 Å². The monoisotopic (exact) mass is 493 g/mol. The van der Waals surface area contributed by atoms with Gasteiger partial charge in [-0.25, -0.2) is 10.4 Å². The van der Waals surface area contributed by atoms with E-state index in [-0.39, 0.29) is 42.4 Å². The number of methoxy groups -OCH3 is 1. The predicted molar refractivity (Wildman–Crippen MR) is 133 cm³/mol. The summed E-state index contributed by atoms with van der Waals surface area (Å²) in [5.74, 6) is 0.897. The maximum atomic E-state index is 9.91. The normalized spacial score (nSPS) is 30.7. The number of aryl methyl sites for hydroxylation is 2. The molecule has 3 aliphatic rings. The molecule has 192 valence electrons. The van der Waals surface area contributed by atoms with Gasteiger partial charge in [-0.2, -0.15) is 15.5 Å². The first kappa shape index (κ1) is 25.0. The molecule has 4 heterocycles. The highest BCUT2D eigenvalue weighted by atomic mass is 16.5. The van der Waals surface area contributed by atoms with Crippen molar-refractivity contribution in [2.75, 3.05) is 25.1 Å². The molecule has 5 rings (SSSR count). The summed E-state index contributed by atoms with van der Waals surface area (Å²) in [7, 11) is 1.74. The van der Waals surface area contributed by atoms with E-state index in [1.807, 2.05) is 31.0 Å². The first-order valence-corrected chi connectivity index (χ1v) is 12.7. The summed E-state index contributed by atoms with van der Waals surface area (Å²) in [6.07, 6.45) is 5.33. The van der Waals surface area contributed by atoms with Crippen LogP contribution in [0.2, 0.25) is 0 Å². The number of nitrogens with zero attached hydrogens (tertiary/aromatic N) is 5. The van der Waals surface area contributed by atoms with Gasteiger partial charge in [-0.3, -0.25) is 5.43 Å². The third-order valence-corrected chi connectivity index (χ3v) is 7.97. The summed E-state index contributed by atoms with van der Waals surface area (Å²) in [5.41, 5.74) is 11.4. The second-order valence-electron chi connectivity index (χ2n) is 10.3. The lowest BCUT2D eigenvalue weighted by molar-refractivity contribution is -0.117. The maximum Gasteiger partial charge on any atom is 0.146 e. The van der Waals surface area contributed by atoms with Crippen LogP contribution < -0.4 is 15.8 Å². The standard InChI is InChI=1S/C26H35N7O3/c1-14-11-29-30-15(2)24(14)16(3)36-23-8-20-21(9-22(23)35-4)31-32-25(20)18-7-17(10-27)26(28-12-18)33-6-5-19(34)13-33/h7,11-12,16,19-23,25,31-32,34H,5-6,8-9,13H2,1-4H3/t16-,19+,20?,21?,22?,23?,25?/m1/s1. The molecular weight excluding hydrogens is 458 g/mol. The van der Waals surface area contributed by atoms with Gasteiger partial charge in [0.1, 0.15) is 11.9 Å². The summed E-state index contributed by atoms with van der Waals surface area (Å²) >= 11 is 0. The number of nitriles is 1. The summed E-state index contributed by atoms with van der Waals surface area (Å²) in [6.45, 7) is 7.28. The molecule has 10 nitrogen and oxygen atoms in total. The lowest BCUT2D eigenvalue weighted by Crippen LogP contribution is -2.47. The topological polar surface area (TPSA) is 128 Å². The molecule has 5 unspecified atom stereocenters. The maximum absolute atomic E-state index is 9.91. The molecule has 3 fully saturated rings. The van der Waals surface area contributed by atoms with Crippen LogP contribution in [0.25, 0.3) is 0 Å². The fourth-order valence-corrected chi connectivity index (χ4v) is 6.19. The van der Waals surface area contributed by atoms with Gasteiger partial charge in [-0.1, -0.05) is 0 Å². The molecule has 2 saturated heterocycles. The van der Waals surface area contributed by atoms with E-state index in [1.165, 1.54) is 0 Å². The summed E-state index contributed by atoms with van der Waals surface area (Å²) in [6, 6.07) is 4.47. The van der Waals surface area contributed by atoms with Crippen molar-refractivity contribution in [1.82, 2.24) is 26.0 Å². The average Bonchev–Trinajstić information content (AvgIpc) is 3.48. The van der Waals surface area contributed by atoms with E-state index in [4.69, 9.17) is 9.47 Å². The van der Waals surface area contributed by atoms with E-state index in [0.29, 0.717) is 30.9 Å². The highest BCUT2D eigenvalue weighted by molar-refractivity contribution is 5.56. The second-order valence-corrected chi connectivity index (χ2v) is 10.3. The number of pyridine rings is 1. The van der Waals surface area contributed by atoms with Gasteiger partial charge >= 0.3 is 0 Å². The minimum atomic E-state index is -0.370. The molecule has 0 amide bonds. The van der Waals surface area contributed by atoms with Crippen LogP contribution in [0, 0.1) is 31.1 Å². The molecule has 1 saturated carbocycles. The van der Waals surface area contributed by atoms with Gasteiger partial charge in [0.05, 0.1) is 47.9 Å². The number of aliphatic hydroxyl groups is 1. The Morgan fingerprint density at radius 3 is 2.75 bits per heavy atom. The van der Waals surface area contributed by atoms with Crippen LogP contribution in [0.1, 0.15) is 66.3 Å². The quantitative estimate of drug-likeness (QED) is 0.550. The Morgan fingerprint density at radius 1 is 1.22 bits per heavy atom. The Bertz CT molecular complexity index is 1120. The van der Waals surface area contributed by atoms with E-state index in [2.05, 4.69) is 39.0 Å². The van der Waals surface area contributed by atoms with Crippen molar-refractivity contribution in [2.45, 2.75) is 76.5 Å². The van der Waals surface area contributed by atoms with Gasteiger partial charge in [-0.05, 0) is 63.1 Å². The average molecular weight is 494 g/mol. The van der Waals surface area contributed by atoms with Crippen LogP contribution in [-0.4, -0.2) is 64.8 Å². The molecule has 0 radical (unpaired) electrons. The SMILES string of the molecule is COC1CC2NNC(c3cnc(N4CC[C@H](O)C4)c(C#N)c3)C2CC1O[C@H](C)c1c(C)cnnc1C. The van der Waals surface area contributed by atoms with Gasteiger partial charge in [0.25, 0.3) is 0 Å². The van der Waals surface area contributed by atoms with Crippen molar-refractivity contribution in [3.05, 3.63) is 46.4 Å². The van der Waals surface area contributed by atoms with E-state index in [0.717, 1.165) is 35.2 Å². The zero-order valence-corrected chi connectivity index (χ0v) is 21.3. The first-order chi connectivity index (χ1) is 17.4. The number of fused-ring (bicyclic) bond motifs is 1. The minimum absolute atomic E-state index is 0.00176. The number of hydrogen-bond acceptors (Lipinski definition) is 10. The summed E-state index contributed by atoms with van der Waals surface area (Å²) < 4.78 is 12.5. The number of ether oxygens (including phenoxy) is 2. The molecule has 7 atom stereocenters. The second kappa shape index (κ2) is 10.4. The number of aromatic nitrogens is 3. The smallest absolute Gasteiger partial charge is 0.146 e. The lowest BCUT2D eigenvalue weighted by Gasteiger charge is -2.39. The Hall–Kier alpha value is -2.68. The molecule has 0 spiro atoms. The van der Waals surface area contributed by atoms with Crippen LogP contribution in [0.15, 0.2) is 18.5 Å². The van der Waals surface area contributed by atoms with Crippen molar-refractivity contribution >= 4 is 5.82 Å². The minimum Gasteiger partial charge on any atom is -0.391 e. The Kier molecular flexibility index (Phi) is 7.19. The fraction of sp³-hybridized carbons (Fsp3) is 0.615. The number of nitrogens with one attached hydrogen (secondary N) is 2. The molecule has 3 N–H and O–H groups in total. The zero-order valence-electron chi connectivity index (χ0n) is 21.3. The highest BCUT2D eigenvalue weighted by Gasteiger charge is 2.46. The summed E-state index contributed by atoms with van der Waals surface area (Å²) in [4.78, 5) is 6.65. The molecular formula is C26H35N7O3. The van der Waals surface area contributed by atoms with Crippen LogP contribution in [0.4, 0.5) is 5.82 Å². The van der Waals surface area contributed by atoms with E-state index in [9.17, 15) is 10.4 Å². The molecule has 0 aromatic carbocycles. The largest absolute Gasteiger partial charge is 0.391 e. The van der Waals surface area contributed by atoms with Crippen molar-refractivity contribution in [3.63, 3.8) is 0 Å². The summed E-state index contributed by atoms with van der Waals surface area (Å²) in [5, 5.41) is 28.0. The molecule has 2 aliphatic heterocycles. The third-order valence-electron chi connectivity index (χ3n) is 7.97. The number of β-amino-alcohol motifs (C(OH)–C–C–N with tert-alkyl or cyclic N) is 1. The molecule has 2 aromatic heterocycles. The Balaban J connectivity index is 1.35. The van der Waals surface area contributed by atoms with Crippen LogP contribution in [0.3, 0.4) is 0 Å². The van der Waals surface area contributed by atoms with Crippen molar-refractivity contribution in [1.29, 1.82) is 5.26 Å². The lowest BCUT2D eigenvalue weighted by atomic mass is 9.77. The molecule has 1 aliphatic carbocycles. The van der Waals surface area contributed by atoms with Crippen LogP contribution in [0.5, 0.6) is 0 Å². The number of rotatable bonds is 6. The Labute approximate surface area is 212 Å². The predicted octanol–water partition coefficient (Wildman–Crippen LogP) is 2.02. The first-order valence-electron chi connectivity index (χ1n) is 12.7. The van der Waals surface area contributed by atoms with Gasteiger partial charge in [0.15, 0.2) is 0 Å². The molecule has 2 aromatic rings. The van der Waals surface area contributed by atoms with Crippen molar-refractivity contribution < 1.29 is 14.6 Å². The van der Waals surface area contributed by atoms with Gasteiger partial charge in [0, 0.05) is 38.0 Å². The Morgan fingerprint density at radius 2 is 2.06 bits per heavy atom. The molecule has 0 bridgehead atoms. The van der Waals surface area contributed by atoms with Crippen LogP contribution in [-0.2, 0) is 9.47 Å². The number of hydrazine groups is 1. The fourth-order valence-electron chi connectivity index (χ4n) is 6.19.